The van der Waals surface area contributed by atoms with Crippen LogP contribution in [0, 0.1) is 5.41 Å². The topological polar surface area (TPSA) is 73.7 Å². The highest BCUT2D eigenvalue weighted by Gasteiger charge is 2.35. The highest BCUT2D eigenvalue weighted by atomic mass is 32.1. The van der Waals surface area contributed by atoms with E-state index < -0.39 is 6.09 Å². The van der Waals surface area contributed by atoms with Crippen LogP contribution in [0.5, 0.6) is 5.75 Å². The zero-order chi connectivity index (χ0) is 21.4. The number of phenolic OH excluding ortho intramolecular Hbond substituents is 1. The predicted octanol–water partition coefficient (Wildman–Crippen LogP) is 6.46. The maximum Gasteiger partial charge on any atom is 0.407 e. The standard InChI is InChI=1S/C22H32N2O3S/c1-12(2)15-9-14(10-16(13(3)4)18(15)25)17-11-28-20(23-17)19(22(5,6)7)24(8)21(26)27/h9-13,19,25H,1-8H3,(H,26,27). The molecule has 1 amide bonds. The van der Waals surface area contributed by atoms with Crippen molar-refractivity contribution < 1.29 is 15.0 Å². The van der Waals surface area contributed by atoms with Gasteiger partial charge in [-0.1, -0.05) is 48.5 Å². The molecule has 0 aliphatic heterocycles. The molecule has 0 aliphatic carbocycles. The number of phenols is 1. The molecule has 2 N–H and O–H groups in total. The molecule has 2 aromatic rings. The van der Waals surface area contributed by atoms with Gasteiger partial charge in [-0.25, -0.2) is 9.78 Å². The Morgan fingerprint density at radius 1 is 1.11 bits per heavy atom. The Labute approximate surface area is 172 Å². The molecule has 0 spiro atoms. The van der Waals surface area contributed by atoms with Crippen molar-refractivity contribution in [1.29, 1.82) is 0 Å². The van der Waals surface area contributed by atoms with Crippen molar-refractivity contribution in [1.82, 2.24) is 9.88 Å². The van der Waals surface area contributed by atoms with Gasteiger partial charge in [0.2, 0.25) is 0 Å². The number of rotatable bonds is 5. The molecule has 0 aliphatic rings. The zero-order valence-corrected chi connectivity index (χ0v) is 18.9. The van der Waals surface area contributed by atoms with E-state index >= 15 is 0 Å². The van der Waals surface area contributed by atoms with Crippen LogP contribution in [0.1, 0.15) is 82.5 Å². The monoisotopic (exact) mass is 404 g/mol. The summed E-state index contributed by atoms with van der Waals surface area (Å²) in [5.74, 6) is 0.745. The van der Waals surface area contributed by atoms with Gasteiger partial charge in [0.15, 0.2) is 0 Å². The lowest BCUT2D eigenvalue weighted by Gasteiger charge is -2.34. The number of aromatic hydroxyl groups is 1. The van der Waals surface area contributed by atoms with E-state index in [1.807, 2.05) is 38.3 Å². The van der Waals surface area contributed by atoms with Crippen LogP contribution in [-0.2, 0) is 0 Å². The summed E-state index contributed by atoms with van der Waals surface area (Å²) in [4.78, 5) is 17.7. The van der Waals surface area contributed by atoms with Crippen LogP contribution in [0.3, 0.4) is 0 Å². The van der Waals surface area contributed by atoms with Crippen molar-refractivity contribution in [2.24, 2.45) is 5.41 Å². The van der Waals surface area contributed by atoms with E-state index in [0.29, 0.717) is 5.75 Å². The maximum atomic E-state index is 11.6. The van der Waals surface area contributed by atoms with Crippen molar-refractivity contribution in [3.05, 3.63) is 33.6 Å². The normalized spacial score (nSPS) is 13.2. The first kappa shape index (κ1) is 22.2. The Kier molecular flexibility index (Phi) is 6.44. The number of amides is 1. The maximum absolute atomic E-state index is 11.6. The Morgan fingerprint density at radius 2 is 1.61 bits per heavy atom. The van der Waals surface area contributed by atoms with Crippen LogP contribution in [0.15, 0.2) is 17.5 Å². The van der Waals surface area contributed by atoms with Crippen LogP contribution >= 0.6 is 11.3 Å². The van der Waals surface area contributed by atoms with Gasteiger partial charge in [-0.3, -0.25) is 0 Å². The number of benzene rings is 1. The van der Waals surface area contributed by atoms with Crippen molar-refractivity contribution >= 4 is 17.4 Å². The SMILES string of the molecule is CC(C)c1cc(-c2csc(C(N(C)C(=O)O)C(C)(C)C)n2)cc(C(C)C)c1O. The Morgan fingerprint density at radius 3 is 2.00 bits per heavy atom. The second-order valence-electron chi connectivity index (χ2n) is 9.05. The molecule has 1 atom stereocenters. The van der Waals surface area contributed by atoms with E-state index in [9.17, 15) is 15.0 Å². The summed E-state index contributed by atoms with van der Waals surface area (Å²) in [5, 5.41) is 22.9. The summed E-state index contributed by atoms with van der Waals surface area (Å²) in [7, 11) is 1.59. The highest BCUT2D eigenvalue weighted by molar-refractivity contribution is 7.10. The summed E-state index contributed by atoms with van der Waals surface area (Å²) in [6.07, 6.45) is -0.967. The van der Waals surface area contributed by atoms with Gasteiger partial charge in [0.25, 0.3) is 0 Å². The van der Waals surface area contributed by atoms with Crippen LogP contribution in [-0.4, -0.2) is 33.2 Å². The summed E-state index contributed by atoms with van der Waals surface area (Å²) in [6, 6.07) is 3.66. The largest absolute Gasteiger partial charge is 0.507 e. The van der Waals surface area contributed by atoms with Crippen molar-refractivity contribution in [3.8, 4) is 17.0 Å². The molecule has 5 nitrogen and oxygen atoms in total. The van der Waals surface area contributed by atoms with Gasteiger partial charge >= 0.3 is 6.09 Å². The average Bonchev–Trinajstić information content (AvgIpc) is 3.02. The molecule has 0 bridgehead atoms. The summed E-state index contributed by atoms with van der Waals surface area (Å²) in [6.45, 7) is 14.3. The van der Waals surface area contributed by atoms with Crippen molar-refractivity contribution in [2.45, 2.75) is 66.3 Å². The fourth-order valence-electron chi connectivity index (χ4n) is 3.48. The van der Waals surface area contributed by atoms with Gasteiger partial charge in [-0.2, -0.15) is 0 Å². The first-order valence-corrected chi connectivity index (χ1v) is 10.5. The van der Waals surface area contributed by atoms with Crippen LogP contribution in [0.2, 0.25) is 0 Å². The summed E-state index contributed by atoms with van der Waals surface area (Å²) in [5.41, 5.74) is 3.30. The third kappa shape index (κ3) is 4.49. The molecule has 28 heavy (non-hydrogen) atoms. The third-order valence-corrected chi connectivity index (χ3v) is 5.87. The fourth-order valence-corrected chi connectivity index (χ4v) is 4.69. The van der Waals surface area contributed by atoms with E-state index in [1.54, 1.807) is 7.05 Å². The molecular weight excluding hydrogens is 372 g/mol. The zero-order valence-electron chi connectivity index (χ0n) is 18.1. The number of carbonyl (C=O) groups is 1. The average molecular weight is 405 g/mol. The number of carboxylic acid groups (broad SMARTS) is 1. The van der Waals surface area contributed by atoms with Gasteiger partial charge in [0, 0.05) is 18.0 Å². The lowest BCUT2D eigenvalue weighted by molar-refractivity contribution is 0.0985. The van der Waals surface area contributed by atoms with Gasteiger partial charge in [0.05, 0.1) is 11.7 Å². The van der Waals surface area contributed by atoms with Gasteiger partial charge in [-0.05, 0) is 40.5 Å². The number of aromatic nitrogens is 1. The molecule has 1 aromatic carbocycles. The Bertz CT molecular complexity index is 821. The van der Waals surface area contributed by atoms with Crippen LogP contribution in [0.4, 0.5) is 4.79 Å². The van der Waals surface area contributed by atoms with Crippen molar-refractivity contribution in [2.75, 3.05) is 7.05 Å². The quantitative estimate of drug-likeness (QED) is 0.600. The molecule has 1 aromatic heterocycles. The number of hydrogen-bond acceptors (Lipinski definition) is 4. The highest BCUT2D eigenvalue weighted by Crippen LogP contribution is 2.42. The smallest absolute Gasteiger partial charge is 0.407 e. The molecule has 154 valence electrons. The molecule has 0 saturated carbocycles. The molecular formula is C22H32N2O3S. The molecule has 6 heteroatoms. The predicted molar refractivity (Wildman–Crippen MR) is 115 cm³/mol. The van der Waals surface area contributed by atoms with E-state index in [-0.39, 0.29) is 23.3 Å². The molecule has 0 saturated heterocycles. The molecule has 0 radical (unpaired) electrons. The third-order valence-electron chi connectivity index (χ3n) is 4.97. The minimum absolute atomic E-state index is 0.191. The first-order valence-electron chi connectivity index (χ1n) is 9.62. The lowest BCUT2D eigenvalue weighted by Crippen LogP contribution is -2.37. The van der Waals surface area contributed by atoms with Crippen LogP contribution in [0.25, 0.3) is 11.3 Å². The molecule has 0 fully saturated rings. The van der Waals surface area contributed by atoms with Gasteiger partial charge in [0.1, 0.15) is 10.8 Å². The van der Waals surface area contributed by atoms with E-state index in [2.05, 4.69) is 27.7 Å². The second kappa shape index (κ2) is 8.11. The number of hydrogen-bond donors (Lipinski definition) is 2. The second-order valence-corrected chi connectivity index (χ2v) is 9.94. The van der Waals surface area contributed by atoms with Crippen molar-refractivity contribution in [3.63, 3.8) is 0 Å². The first-order chi connectivity index (χ1) is 12.8. The minimum atomic E-state index is -0.967. The summed E-state index contributed by atoms with van der Waals surface area (Å²) >= 11 is 1.48. The van der Waals surface area contributed by atoms with Gasteiger partial charge < -0.3 is 15.1 Å². The van der Waals surface area contributed by atoms with Gasteiger partial charge in [-0.15, -0.1) is 11.3 Å². The minimum Gasteiger partial charge on any atom is -0.507 e. The Hall–Kier alpha value is -2.08. The number of nitrogens with zero attached hydrogens (tertiary/aromatic N) is 2. The van der Waals surface area contributed by atoms with E-state index in [4.69, 9.17) is 4.98 Å². The molecule has 1 unspecified atom stereocenters. The molecule has 2 rings (SSSR count). The summed E-state index contributed by atoms with van der Waals surface area (Å²) < 4.78 is 0. The molecule has 1 heterocycles. The fraction of sp³-hybridized carbons (Fsp3) is 0.545. The lowest BCUT2D eigenvalue weighted by atomic mass is 9.86. The van der Waals surface area contributed by atoms with E-state index in [1.165, 1.54) is 16.2 Å². The van der Waals surface area contributed by atoms with Crippen LogP contribution < -0.4 is 0 Å². The Balaban J connectivity index is 2.57. The van der Waals surface area contributed by atoms with E-state index in [0.717, 1.165) is 27.4 Å². The number of thiazole rings is 1.